The fraction of sp³-hybridized carbons (Fsp3) is 0.133. The molecule has 2 aromatic heterocycles. The Morgan fingerprint density at radius 3 is 3.05 bits per heavy atom. The first-order chi connectivity index (χ1) is 10.7. The average molecular weight is 298 g/mol. The lowest BCUT2D eigenvalue weighted by Crippen LogP contribution is -2.12. The fourth-order valence-corrected chi connectivity index (χ4v) is 1.99. The largest absolute Gasteiger partial charge is 0.482 e. The third-order valence-electron chi connectivity index (χ3n) is 3.08. The smallest absolute Gasteiger partial charge is 0.343 e. The minimum atomic E-state index is -0.431. The summed E-state index contributed by atoms with van der Waals surface area (Å²) in [7, 11) is 1.32. The summed E-state index contributed by atoms with van der Waals surface area (Å²) in [6.45, 7) is -0.133. The number of rotatable bonds is 4. The maximum atomic E-state index is 11.1. The van der Waals surface area contributed by atoms with Crippen LogP contribution in [0.25, 0.3) is 16.9 Å². The van der Waals surface area contributed by atoms with Crippen LogP contribution in [0.2, 0.25) is 0 Å². The third-order valence-corrected chi connectivity index (χ3v) is 3.08. The Labute approximate surface area is 126 Å². The second kappa shape index (κ2) is 5.72. The summed E-state index contributed by atoms with van der Waals surface area (Å²) in [5, 5.41) is 0. The maximum absolute atomic E-state index is 11.1. The Morgan fingerprint density at radius 1 is 1.36 bits per heavy atom. The molecular weight excluding hydrogens is 284 g/mol. The molecule has 0 fully saturated rings. The average Bonchev–Trinajstić information content (AvgIpc) is 2.96. The predicted molar refractivity (Wildman–Crippen MR) is 80.3 cm³/mol. The van der Waals surface area contributed by atoms with Crippen molar-refractivity contribution in [2.45, 2.75) is 0 Å². The van der Waals surface area contributed by atoms with E-state index in [4.69, 9.17) is 10.5 Å². The molecule has 0 aliphatic heterocycles. The molecule has 0 aliphatic carbocycles. The Kier molecular flexibility index (Phi) is 3.61. The summed E-state index contributed by atoms with van der Waals surface area (Å²) < 4.78 is 11.7. The molecule has 7 nitrogen and oxygen atoms in total. The molecule has 0 radical (unpaired) electrons. The molecule has 112 valence electrons. The van der Waals surface area contributed by atoms with Gasteiger partial charge in [-0.25, -0.2) is 14.8 Å². The Hall–Kier alpha value is -3.09. The Bertz CT molecular complexity index is 829. The number of nitrogens with zero attached hydrogens (tertiary/aromatic N) is 3. The highest BCUT2D eigenvalue weighted by Gasteiger charge is 2.07. The van der Waals surface area contributed by atoms with E-state index in [1.54, 1.807) is 22.9 Å². The van der Waals surface area contributed by atoms with Gasteiger partial charge in [-0.2, -0.15) is 0 Å². The Balaban J connectivity index is 1.88. The number of aromatic nitrogens is 3. The van der Waals surface area contributed by atoms with Gasteiger partial charge in [0.25, 0.3) is 0 Å². The molecule has 7 heteroatoms. The van der Waals surface area contributed by atoms with E-state index in [2.05, 4.69) is 14.7 Å². The molecule has 0 saturated carbocycles. The van der Waals surface area contributed by atoms with Gasteiger partial charge in [0.1, 0.15) is 23.5 Å². The van der Waals surface area contributed by atoms with Crippen LogP contribution in [0.1, 0.15) is 0 Å². The molecule has 0 saturated heterocycles. The van der Waals surface area contributed by atoms with Crippen molar-refractivity contribution in [3.05, 3.63) is 42.9 Å². The van der Waals surface area contributed by atoms with Crippen LogP contribution in [0.15, 0.2) is 42.9 Å². The zero-order valence-corrected chi connectivity index (χ0v) is 11.9. The standard InChI is InChI=1S/C15H14N4O3/c1-21-15(20)8-22-11-4-2-3-10(5-11)12-7-19-9-17-13(16)6-14(19)18-12/h2-7,9H,8,16H2,1H3. The van der Waals surface area contributed by atoms with Crippen molar-refractivity contribution in [2.75, 3.05) is 19.5 Å². The molecular formula is C15H14N4O3. The molecule has 0 aliphatic rings. The van der Waals surface area contributed by atoms with Gasteiger partial charge in [-0.3, -0.25) is 4.40 Å². The Morgan fingerprint density at radius 2 is 2.23 bits per heavy atom. The first-order valence-corrected chi connectivity index (χ1v) is 6.56. The molecule has 1 aromatic carbocycles. The molecule has 22 heavy (non-hydrogen) atoms. The van der Waals surface area contributed by atoms with Gasteiger partial charge in [0.15, 0.2) is 6.61 Å². The number of nitrogens with two attached hydrogens (primary N) is 1. The van der Waals surface area contributed by atoms with E-state index in [1.165, 1.54) is 7.11 Å². The normalized spacial score (nSPS) is 10.6. The maximum Gasteiger partial charge on any atom is 0.343 e. The topological polar surface area (TPSA) is 91.7 Å². The van der Waals surface area contributed by atoms with E-state index in [0.717, 1.165) is 11.3 Å². The van der Waals surface area contributed by atoms with Gasteiger partial charge < -0.3 is 15.2 Å². The first-order valence-electron chi connectivity index (χ1n) is 6.56. The molecule has 2 heterocycles. The van der Waals surface area contributed by atoms with Crippen LogP contribution in [0.3, 0.4) is 0 Å². The lowest BCUT2D eigenvalue weighted by molar-refractivity contribution is -0.142. The van der Waals surface area contributed by atoms with Gasteiger partial charge >= 0.3 is 5.97 Å². The highest BCUT2D eigenvalue weighted by atomic mass is 16.6. The number of esters is 1. The van der Waals surface area contributed by atoms with Gasteiger partial charge in [-0.1, -0.05) is 12.1 Å². The van der Waals surface area contributed by atoms with E-state index in [-0.39, 0.29) is 6.61 Å². The number of imidazole rings is 1. The zero-order valence-electron chi connectivity index (χ0n) is 11.9. The van der Waals surface area contributed by atoms with Crippen LogP contribution in [0.5, 0.6) is 5.75 Å². The van der Waals surface area contributed by atoms with E-state index in [1.807, 2.05) is 24.4 Å². The third kappa shape index (κ3) is 2.83. The van der Waals surface area contributed by atoms with Crippen molar-refractivity contribution in [2.24, 2.45) is 0 Å². The van der Waals surface area contributed by atoms with Crippen LogP contribution in [-0.4, -0.2) is 34.1 Å². The van der Waals surface area contributed by atoms with Crippen LogP contribution < -0.4 is 10.5 Å². The van der Waals surface area contributed by atoms with E-state index in [9.17, 15) is 4.79 Å². The number of fused-ring (bicyclic) bond motifs is 1. The van der Waals surface area contributed by atoms with Gasteiger partial charge in [0, 0.05) is 17.8 Å². The summed E-state index contributed by atoms with van der Waals surface area (Å²) in [5.41, 5.74) is 7.99. The van der Waals surface area contributed by atoms with Gasteiger partial charge in [0.2, 0.25) is 0 Å². The number of carbonyl (C=O) groups excluding carboxylic acids is 1. The number of benzene rings is 1. The van der Waals surface area contributed by atoms with Crippen molar-refractivity contribution in [3.8, 4) is 17.0 Å². The molecule has 0 amide bonds. The summed E-state index contributed by atoms with van der Waals surface area (Å²) in [5.74, 6) is 0.553. The number of hydrogen-bond acceptors (Lipinski definition) is 6. The molecule has 0 bridgehead atoms. The van der Waals surface area contributed by atoms with Crippen LogP contribution in [0, 0.1) is 0 Å². The van der Waals surface area contributed by atoms with Crippen LogP contribution >= 0.6 is 0 Å². The second-order valence-electron chi connectivity index (χ2n) is 4.60. The number of anilines is 1. The SMILES string of the molecule is COC(=O)COc1cccc(-c2cn3cnc(N)cc3n2)c1. The van der Waals surface area contributed by atoms with E-state index >= 15 is 0 Å². The lowest BCUT2D eigenvalue weighted by atomic mass is 10.1. The van der Waals surface area contributed by atoms with Crippen molar-refractivity contribution >= 4 is 17.4 Å². The van der Waals surface area contributed by atoms with Gasteiger partial charge in [-0.15, -0.1) is 0 Å². The summed E-state index contributed by atoms with van der Waals surface area (Å²) in [6.07, 6.45) is 3.46. The number of carbonyl (C=O) groups is 1. The molecule has 0 spiro atoms. The molecule has 0 unspecified atom stereocenters. The molecule has 2 N–H and O–H groups in total. The van der Waals surface area contributed by atoms with Gasteiger partial charge in [0.05, 0.1) is 12.8 Å². The zero-order chi connectivity index (χ0) is 15.5. The number of hydrogen-bond donors (Lipinski definition) is 1. The minimum Gasteiger partial charge on any atom is -0.482 e. The highest BCUT2D eigenvalue weighted by Crippen LogP contribution is 2.23. The van der Waals surface area contributed by atoms with Crippen LogP contribution in [0.4, 0.5) is 5.82 Å². The van der Waals surface area contributed by atoms with E-state index in [0.29, 0.717) is 17.2 Å². The summed E-state index contributed by atoms with van der Waals surface area (Å²) in [4.78, 5) is 19.6. The monoisotopic (exact) mass is 298 g/mol. The number of ether oxygens (including phenoxy) is 2. The van der Waals surface area contributed by atoms with Crippen LogP contribution in [-0.2, 0) is 9.53 Å². The number of nitrogen functional groups attached to an aromatic ring is 1. The first kappa shape index (κ1) is 13.9. The predicted octanol–water partition coefficient (Wildman–Crippen LogP) is 1.53. The van der Waals surface area contributed by atoms with Crippen molar-refractivity contribution < 1.29 is 14.3 Å². The minimum absolute atomic E-state index is 0.133. The molecule has 3 rings (SSSR count). The summed E-state index contributed by atoms with van der Waals surface area (Å²) >= 11 is 0. The molecule has 3 aromatic rings. The number of methoxy groups -OCH3 is 1. The quantitative estimate of drug-likeness (QED) is 0.734. The van der Waals surface area contributed by atoms with Crippen molar-refractivity contribution in [1.29, 1.82) is 0 Å². The van der Waals surface area contributed by atoms with Gasteiger partial charge in [-0.05, 0) is 12.1 Å². The highest BCUT2D eigenvalue weighted by molar-refractivity contribution is 5.71. The van der Waals surface area contributed by atoms with Crippen molar-refractivity contribution in [1.82, 2.24) is 14.4 Å². The lowest BCUT2D eigenvalue weighted by Gasteiger charge is -2.05. The fourth-order valence-electron chi connectivity index (χ4n) is 1.99. The molecule has 0 atom stereocenters. The second-order valence-corrected chi connectivity index (χ2v) is 4.60. The summed E-state index contributed by atoms with van der Waals surface area (Å²) in [6, 6.07) is 9.01. The van der Waals surface area contributed by atoms with Crippen molar-refractivity contribution in [3.63, 3.8) is 0 Å². The van der Waals surface area contributed by atoms with E-state index < -0.39 is 5.97 Å².